The molecular weight excluding hydrogens is 223 g/mol. The lowest BCUT2D eigenvalue weighted by atomic mass is 10.3. The molecule has 1 aromatic rings. The standard InChI is InChI=1S/C12H13O3P/c13-12(14)9-11-7-4-8-16(11,15)10-5-2-1-3-6-10/h1-3,5-7H,4,8-9H2,(H,13,14)/t16-/m1/s1. The fraction of sp³-hybridized carbons (Fsp3) is 0.250. The van der Waals surface area contributed by atoms with Gasteiger partial charge in [-0.15, -0.1) is 0 Å². The Labute approximate surface area is 94.2 Å². The molecule has 0 bridgehead atoms. The van der Waals surface area contributed by atoms with Crippen molar-refractivity contribution < 1.29 is 14.5 Å². The van der Waals surface area contributed by atoms with Crippen LogP contribution >= 0.6 is 7.14 Å². The van der Waals surface area contributed by atoms with E-state index in [0.717, 1.165) is 11.7 Å². The van der Waals surface area contributed by atoms with Gasteiger partial charge in [-0.2, -0.15) is 0 Å². The second kappa shape index (κ2) is 4.26. The zero-order chi connectivity index (χ0) is 11.6. The molecule has 0 saturated heterocycles. The summed E-state index contributed by atoms with van der Waals surface area (Å²) in [6, 6.07) is 9.19. The molecule has 0 amide bonds. The van der Waals surface area contributed by atoms with Gasteiger partial charge in [-0.1, -0.05) is 36.4 Å². The molecule has 1 heterocycles. The number of allylic oxidation sites excluding steroid dienone is 1. The van der Waals surface area contributed by atoms with E-state index < -0.39 is 13.1 Å². The van der Waals surface area contributed by atoms with Crippen molar-refractivity contribution in [3.63, 3.8) is 0 Å². The smallest absolute Gasteiger partial charge is 0.307 e. The van der Waals surface area contributed by atoms with E-state index in [1.165, 1.54) is 0 Å². The summed E-state index contributed by atoms with van der Waals surface area (Å²) in [5.41, 5.74) is 0. The summed E-state index contributed by atoms with van der Waals surface area (Å²) < 4.78 is 12.7. The predicted octanol–water partition coefficient (Wildman–Crippen LogP) is 2.44. The number of aliphatic carboxylic acids is 1. The Hall–Kier alpha value is -1.34. The largest absolute Gasteiger partial charge is 0.481 e. The minimum Gasteiger partial charge on any atom is -0.481 e. The van der Waals surface area contributed by atoms with Crippen molar-refractivity contribution in [3.05, 3.63) is 41.7 Å². The van der Waals surface area contributed by atoms with Crippen molar-refractivity contribution in [2.24, 2.45) is 0 Å². The summed E-state index contributed by atoms with van der Waals surface area (Å²) in [6.45, 7) is 0. The Morgan fingerprint density at radius 2 is 2.00 bits per heavy atom. The predicted molar refractivity (Wildman–Crippen MR) is 63.5 cm³/mol. The van der Waals surface area contributed by atoms with Gasteiger partial charge in [0, 0.05) is 16.8 Å². The molecule has 0 fully saturated rings. The lowest BCUT2D eigenvalue weighted by Crippen LogP contribution is -2.08. The first-order valence-electron chi connectivity index (χ1n) is 5.19. The van der Waals surface area contributed by atoms with Gasteiger partial charge < -0.3 is 9.67 Å². The van der Waals surface area contributed by atoms with E-state index >= 15 is 0 Å². The van der Waals surface area contributed by atoms with Crippen molar-refractivity contribution >= 4 is 18.4 Å². The Balaban J connectivity index is 2.36. The number of benzene rings is 1. The van der Waals surface area contributed by atoms with E-state index in [1.807, 2.05) is 36.4 Å². The zero-order valence-electron chi connectivity index (χ0n) is 8.80. The SMILES string of the molecule is O=C(O)CC1=CCC[P@@]1(=O)c1ccccc1. The molecule has 1 atom stereocenters. The molecule has 2 rings (SSSR count). The van der Waals surface area contributed by atoms with E-state index in [2.05, 4.69) is 0 Å². The summed E-state index contributed by atoms with van der Waals surface area (Å²) in [7, 11) is -2.61. The van der Waals surface area contributed by atoms with Gasteiger partial charge in [0.1, 0.15) is 7.14 Å². The highest BCUT2D eigenvalue weighted by atomic mass is 31.2. The molecule has 3 nitrogen and oxygen atoms in total. The molecule has 0 spiro atoms. The normalized spacial score (nSPS) is 24.1. The lowest BCUT2D eigenvalue weighted by Gasteiger charge is -2.15. The second-order valence-corrected chi connectivity index (χ2v) is 6.87. The average molecular weight is 236 g/mol. The highest BCUT2D eigenvalue weighted by molar-refractivity contribution is 7.75. The van der Waals surface area contributed by atoms with E-state index in [0.29, 0.717) is 11.5 Å². The van der Waals surface area contributed by atoms with Crippen molar-refractivity contribution in [2.75, 3.05) is 6.16 Å². The van der Waals surface area contributed by atoms with Crippen LogP contribution in [0, 0.1) is 0 Å². The van der Waals surface area contributed by atoms with E-state index in [4.69, 9.17) is 5.11 Å². The molecule has 84 valence electrons. The van der Waals surface area contributed by atoms with E-state index in [1.54, 1.807) is 0 Å². The molecule has 0 aliphatic carbocycles. The number of hydrogen-bond acceptors (Lipinski definition) is 2. The first kappa shape index (κ1) is 11.2. The highest BCUT2D eigenvalue weighted by Crippen LogP contribution is 2.58. The zero-order valence-corrected chi connectivity index (χ0v) is 9.69. The van der Waals surface area contributed by atoms with Gasteiger partial charge >= 0.3 is 5.97 Å². The third-order valence-electron chi connectivity index (χ3n) is 2.79. The maximum atomic E-state index is 12.7. The van der Waals surface area contributed by atoms with Crippen LogP contribution in [-0.4, -0.2) is 17.2 Å². The van der Waals surface area contributed by atoms with Gasteiger partial charge in [0.2, 0.25) is 0 Å². The Kier molecular flexibility index (Phi) is 2.97. The van der Waals surface area contributed by atoms with Crippen molar-refractivity contribution in [1.29, 1.82) is 0 Å². The summed E-state index contributed by atoms with van der Waals surface area (Å²) in [6.07, 6.45) is 3.00. The summed E-state index contributed by atoms with van der Waals surface area (Å²) >= 11 is 0. The molecule has 0 radical (unpaired) electrons. The van der Waals surface area contributed by atoms with Gasteiger partial charge in [-0.25, -0.2) is 0 Å². The lowest BCUT2D eigenvalue weighted by molar-refractivity contribution is -0.136. The molecule has 1 aromatic carbocycles. The molecule has 0 saturated carbocycles. The molecule has 4 heteroatoms. The summed E-state index contributed by atoms with van der Waals surface area (Å²) in [5, 5.41) is 10.2. The first-order chi connectivity index (χ1) is 7.63. The fourth-order valence-corrected chi connectivity index (χ4v) is 4.86. The van der Waals surface area contributed by atoms with Crippen LogP contribution in [0.4, 0.5) is 0 Å². The van der Waals surface area contributed by atoms with E-state index in [9.17, 15) is 9.36 Å². The van der Waals surface area contributed by atoms with Gasteiger partial charge in [0.25, 0.3) is 0 Å². The molecule has 16 heavy (non-hydrogen) atoms. The summed E-state index contributed by atoms with van der Waals surface area (Å²) in [4.78, 5) is 10.7. The Morgan fingerprint density at radius 3 is 2.62 bits per heavy atom. The van der Waals surface area contributed by atoms with Gasteiger partial charge in [0.05, 0.1) is 6.42 Å². The first-order valence-corrected chi connectivity index (χ1v) is 7.08. The third-order valence-corrected chi connectivity index (χ3v) is 6.08. The van der Waals surface area contributed by atoms with Crippen LogP contribution in [0.3, 0.4) is 0 Å². The number of carboxylic acid groups (broad SMARTS) is 1. The van der Waals surface area contributed by atoms with Crippen molar-refractivity contribution in [2.45, 2.75) is 12.8 Å². The maximum absolute atomic E-state index is 12.7. The van der Waals surface area contributed by atoms with Gasteiger partial charge in [-0.3, -0.25) is 4.79 Å². The van der Waals surface area contributed by atoms with Crippen LogP contribution in [0.1, 0.15) is 12.8 Å². The van der Waals surface area contributed by atoms with Gasteiger partial charge in [-0.05, 0) is 6.42 Å². The van der Waals surface area contributed by atoms with Crippen LogP contribution in [0.25, 0.3) is 0 Å². The maximum Gasteiger partial charge on any atom is 0.307 e. The Bertz CT molecular complexity index is 476. The van der Waals surface area contributed by atoms with Crippen LogP contribution in [0.15, 0.2) is 41.7 Å². The van der Waals surface area contributed by atoms with Crippen LogP contribution in [0.5, 0.6) is 0 Å². The molecule has 0 aromatic heterocycles. The van der Waals surface area contributed by atoms with Gasteiger partial charge in [0.15, 0.2) is 0 Å². The number of carbonyl (C=O) groups is 1. The molecule has 1 aliphatic heterocycles. The highest BCUT2D eigenvalue weighted by Gasteiger charge is 2.33. The van der Waals surface area contributed by atoms with Crippen LogP contribution in [-0.2, 0) is 9.36 Å². The van der Waals surface area contributed by atoms with Crippen LogP contribution < -0.4 is 5.30 Å². The average Bonchev–Trinajstić information content (AvgIpc) is 2.62. The summed E-state index contributed by atoms with van der Waals surface area (Å²) in [5.74, 6) is -0.913. The van der Waals surface area contributed by atoms with Crippen molar-refractivity contribution in [3.8, 4) is 0 Å². The molecule has 1 N–H and O–H groups in total. The quantitative estimate of drug-likeness (QED) is 0.820. The molecule has 1 aliphatic rings. The van der Waals surface area contributed by atoms with Crippen molar-refractivity contribution in [1.82, 2.24) is 0 Å². The van der Waals surface area contributed by atoms with Crippen LogP contribution in [0.2, 0.25) is 0 Å². The topological polar surface area (TPSA) is 54.4 Å². The number of carboxylic acids is 1. The van der Waals surface area contributed by atoms with E-state index in [-0.39, 0.29) is 6.42 Å². The minimum absolute atomic E-state index is 0.105. The number of hydrogen-bond donors (Lipinski definition) is 1. The molecular formula is C12H13O3P. The molecule has 0 unspecified atom stereocenters. The Morgan fingerprint density at radius 1 is 1.31 bits per heavy atom. The number of rotatable bonds is 3. The second-order valence-electron chi connectivity index (χ2n) is 3.85. The third kappa shape index (κ3) is 1.96. The fourth-order valence-electron chi connectivity index (χ4n) is 2.02. The monoisotopic (exact) mass is 236 g/mol. The minimum atomic E-state index is -2.61.